The molecule has 5 aromatic carbocycles. The molecule has 0 saturated heterocycles. The van der Waals surface area contributed by atoms with Crippen molar-refractivity contribution < 1.29 is 4.74 Å². The van der Waals surface area contributed by atoms with Crippen LogP contribution >= 0.6 is 0 Å². The van der Waals surface area contributed by atoms with Gasteiger partial charge in [-0.15, -0.1) is 0 Å². The number of nitrogens with zero attached hydrogens (tertiary/aromatic N) is 2. The van der Waals surface area contributed by atoms with Gasteiger partial charge < -0.3 is 14.5 Å². The quantitative estimate of drug-likeness (QED) is 0.156. The summed E-state index contributed by atoms with van der Waals surface area (Å²) in [4.78, 5) is 4.60. The number of ether oxygens (including phenoxy) is 1. The standard InChI is InChI=1S/C38H40N2O/c1-5-41-37-25-20-34(26-29(37)2)38(32-16-21-35(22-17-32)39(3)27-30-12-8-6-9-13-30)33-18-23-36(24-19-33)40(4)28-31-14-10-7-11-15-31/h6-26,38H,5,27-28H2,1-4H3. The van der Waals surface area contributed by atoms with E-state index in [1.54, 1.807) is 0 Å². The molecule has 0 aliphatic rings. The van der Waals surface area contributed by atoms with E-state index in [2.05, 4.69) is 158 Å². The highest BCUT2D eigenvalue weighted by atomic mass is 16.5. The lowest BCUT2D eigenvalue weighted by Crippen LogP contribution is -2.16. The first-order valence-electron chi connectivity index (χ1n) is 14.4. The number of hydrogen-bond donors (Lipinski definition) is 0. The molecule has 0 N–H and O–H groups in total. The van der Waals surface area contributed by atoms with Crippen LogP contribution in [0.5, 0.6) is 5.75 Å². The van der Waals surface area contributed by atoms with Crippen LogP contribution in [-0.2, 0) is 13.1 Å². The van der Waals surface area contributed by atoms with Gasteiger partial charge in [-0.1, -0.05) is 97.1 Å². The minimum atomic E-state index is 0.117. The van der Waals surface area contributed by atoms with Crippen LogP contribution in [0.1, 0.15) is 46.2 Å². The van der Waals surface area contributed by atoms with Crippen molar-refractivity contribution in [2.24, 2.45) is 0 Å². The molecule has 5 aromatic rings. The van der Waals surface area contributed by atoms with Gasteiger partial charge in [0.05, 0.1) is 6.61 Å². The molecule has 0 aliphatic carbocycles. The second-order valence-corrected chi connectivity index (χ2v) is 10.8. The Hall–Kier alpha value is -4.50. The van der Waals surface area contributed by atoms with Crippen molar-refractivity contribution >= 4 is 11.4 Å². The van der Waals surface area contributed by atoms with Crippen molar-refractivity contribution in [1.29, 1.82) is 0 Å². The molecule has 41 heavy (non-hydrogen) atoms. The maximum atomic E-state index is 5.85. The van der Waals surface area contributed by atoms with Crippen LogP contribution in [0.2, 0.25) is 0 Å². The summed E-state index contributed by atoms with van der Waals surface area (Å²) in [6.07, 6.45) is 0. The highest BCUT2D eigenvalue weighted by Gasteiger charge is 2.19. The summed E-state index contributed by atoms with van der Waals surface area (Å²) in [5, 5.41) is 0. The van der Waals surface area contributed by atoms with E-state index >= 15 is 0 Å². The van der Waals surface area contributed by atoms with E-state index in [4.69, 9.17) is 4.74 Å². The molecule has 0 aliphatic heterocycles. The third kappa shape index (κ3) is 6.99. The minimum absolute atomic E-state index is 0.117. The van der Waals surface area contributed by atoms with E-state index in [0.717, 1.165) is 24.4 Å². The minimum Gasteiger partial charge on any atom is -0.494 e. The maximum Gasteiger partial charge on any atom is 0.122 e. The van der Waals surface area contributed by atoms with Crippen LogP contribution in [0.15, 0.2) is 127 Å². The largest absolute Gasteiger partial charge is 0.494 e. The Morgan fingerprint density at radius 2 is 1.00 bits per heavy atom. The first-order valence-corrected chi connectivity index (χ1v) is 14.4. The topological polar surface area (TPSA) is 15.7 Å². The summed E-state index contributed by atoms with van der Waals surface area (Å²) in [7, 11) is 4.31. The van der Waals surface area contributed by atoms with Crippen LogP contribution in [0.4, 0.5) is 11.4 Å². The maximum absolute atomic E-state index is 5.85. The van der Waals surface area contributed by atoms with Crippen molar-refractivity contribution in [3.8, 4) is 5.75 Å². The molecule has 0 fully saturated rings. The first-order chi connectivity index (χ1) is 20.0. The molecule has 3 heteroatoms. The van der Waals surface area contributed by atoms with Gasteiger partial charge in [0.2, 0.25) is 0 Å². The highest BCUT2D eigenvalue weighted by Crippen LogP contribution is 2.36. The van der Waals surface area contributed by atoms with E-state index in [1.165, 1.54) is 39.2 Å². The fraction of sp³-hybridized carbons (Fsp3) is 0.211. The number of anilines is 2. The fourth-order valence-electron chi connectivity index (χ4n) is 5.49. The molecular formula is C38H40N2O. The van der Waals surface area contributed by atoms with E-state index in [0.29, 0.717) is 6.61 Å². The van der Waals surface area contributed by atoms with Gasteiger partial charge in [0.15, 0.2) is 0 Å². The van der Waals surface area contributed by atoms with Crippen molar-refractivity contribution in [2.75, 3.05) is 30.5 Å². The Kier molecular flexibility index (Phi) is 9.05. The first kappa shape index (κ1) is 28.0. The summed E-state index contributed by atoms with van der Waals surface area (Å²) >= 11 is 0. The second-order valence-electron chi connectivity index (χ2n) is 10.8. The van der Waals surface area contributed by atoms with Gasteiger partial charge in [-0.3, -0.25) is 0 Å². The fourth-order valence-corrected chi connectivity index (χ4v) is 5.49. The van der Waals surface area contributed by atoms with Crippen LogP contribution in [0, 0.1) is 6.92 Å². The van der Waals surface area contributed by atoms with Crippen LogP contribution in [0.3, 0.4) is 0 Å². The monoisotopic (exact) mass is 540 g/mol. The lowest BCUT2D eigenvalue weighted by molar-refractivity contribution is 0.338. The molecule has 5 rings (SSSR count). The van der Waals surface area contributed by atoms with Crippen LogP contribution in [-0.4, -0.2) is 20.7 Å². The molecule has 0 spiro atoms. The van der Waals surface area contributed by atoms with Crippen molar-refractivity contribution in [2.45, 2.75) is 32.9 Å². The van der Waals surface area contributed by atoms with Gasteiger partial charge in [0.25, 0.3) is 0 Å². The molecule has 0 amide bonds. The van der Waals surface area contributed by atoms with Crippen molar-refractivity contribution in [3.63, 3.8) is 0 Å². The molecule has 0 radical (unpaired) electrons. The van der Waals surface area contributed by atoms with Gasteiger partial charge in [0.1, 0.15) is 5.75 Å². The Labute approximate surface area is 245 Å². The highest BCUT2D eigenvalue weighted by molar-refractivity contribution is 5.55. The SMILES string of the molecule is CCOc1ccc(C(c2ccc(N(C)Cc3ccccc3)cc2)c2ccc(N(C)Cc3ccccc3)cc2)cc1C. The normalized spacial score (nSPS) is 11.0. The number of rotatable bonds is 11. The molecule has 0 atom stereocenters. The summed E-state index contributed by atoms with van der Waals surface area (Å²) in [6.45, 7) is 6.58. The number of benzene rings is 5. The average Bonchev–Trinajstić information content (AvgIpc) is 3.00. The zero-order valence-electron chi connectivity index (χ0n) is 24.6. The Morgan fingerprint density at radius 3 is 1.41 bits per heavy atom. The third-order valence-corrected chi connectivity index (χ3v) is 7.69. The Morgan fingerprint density at radius 1 is 0.561 bits per heavy atom. The third-order valence-electron chi connectivity index (χ3n) is 7.69. The Balaban J connectivity index is 1.43. The Bertz CT molecular complexity index is 1420. The molecule has 208 valence electrons. The van der Waals surface area contributed by atoms with Crippen LogP contribution < -0.4 is 14.5 Å². The zero-order chi connectivity index (χ0) is 28.6. The predicted octanol–water partition coefficient (Wildman–Crippen LogP) is 8.85. The molecule has 3 nitrogen and oxygen atoms in total. The molecule has 0 bridgehead atoms. The predicted molar refractivity (Wildman–Crippen MR) is 173 cm³/mol. The molecule has 0 unspecified atom stereocenters. The smallest absolute Gasteiger partial charge is 0.122 e. The van der Waals surface area contributed by atoms with Gasteiger partial charge >= 0.3 is 0 Å². The lowest BCUT2D eigenvalue weighted by Gasteiger charge is -2.24. The van der Waals surface area contributed by atoms with Crippen LogP contribution in [0.25, 0.3) is 0 Å². The van der Waals surface area contributed by atoms with Crippen molar-refractivity contribution in [3.05, 3.63) is 161 Å². The van der Waals surface area contributed by atoms with Gasteiger partial charge in [0, 0.05) is 44.5 Å². The molecule has 0 saturated carbocycles. The number of aryl methyl sites for hydroxylation is 1. The van der Waals surface area contributed by atoms with E-state index in [9.17, 15) is 0 Å². The van der Waals surface area contributed by atoms with Gasteiger partial charge in [-0.05, 0) is 77.6 Å². The van der Waals surface area contributed by atoms with E-state index in [-0.39, 0.29) is 5.92 Å². The summed E-state index contributed by atoms with van der Waals surface area (Å²) < 4.78 is 5.85. The lowest BCUT2D eigenvalue weighted by atomic mass is 9.84. The van der Waals surface area contributed by atoms with Crippen molar-refractivity contribution in [1.82, 2.24) is 0 Å². The van der Waals surface area contributed by atoms with Gasteiger partial charge in [-0.25, -0.2) is 0 Å². The number of hydrogen-bond acceptors (Lipinski definition) is 3. The summed E-state index contributed by atoms with van der Waals surface area (Å²) in [6, 6.07) is 45.9. The summed E-state index contributed by atoms with van der Waals surface area (Å²) in [5.74, 6) is 1.07. The second kappa shape index (κ2) is 13.2. The zero-order valence-corrected chi connectivity index (χ0v) is 24.6. The van der Waals surface area contributed by atoms with Gasteiger partial charge in [-0.2, -0.15) is 0 Å². The van der Waals surface area contributed by atoms with E-state index < -0.39 is 0 Å². The van der Waals surface area contributed by atoms with E-state index in [1.807, 2.05) is 6.92 Å². The summed E-state index contributed by atoms with van der Waals surface area (Å²) in [5.41, 5.74) is 9.99. The average molecular weight is 541 g/mol. The molecule has 0 heterocycles. The molecular weight excluding hydrogens is 500 g/mol. The molecule has 0 aromatic heterocycles.